The summed E-state index contributed by atoms with van der Waals surface area (Å²) in [5, 5.41) is 0.622. The number of aliphatic imine (C=N–C) groups is 1. The van der Waals surface area contributed by atoms with Gasteiger partial charge in [-0.2, -0.15) is 0 Å². The zero-order chi connectivity index (χ0) is 13.1. The number of ether oxygens (including phenoxy) is 1. The molecule has 1 aliphatic heterocycles. The normalized spacial score (nSPS) is 18.9. The summed E-state index contributed by atoms with van der Waals surface area (Å²) in [6, 6.07) is 6.03. The molecule has 1 aromatic rings. The predicted octanol–water partition coefficient (Wildman–Crippen LogP) is 2.43. The first-order valence-corrected chi connectivity index (χ1v) is 6.45. The number of nitrogens with zero attached hydrogens (tertiary/aromatic N) is 2. The Hall–Kier alpha value is -1.42. The van der Waals surface area contributed by atoms with Crippen LogP contribution in [0.4, 0.5) is 0 Å². The SMILES string of the molecule is CCCN1C(N)=NCC1c1ccc(OC)c(Cl)c1. The smallest absolute Gasteiger partial charge is 0.191 e. The van der Waals surface area contributed by atoms with E-state index in [9.17, 15) is 0 Å². The Balaban J connectivity index is 2.24. The van der Waals surface area contributed by atoms with Crippen molar-refractivity contribution >= 4 is 17.6 Å². The second kappa shape index (κ2) is 5.48. The molecule has 0 fully saturated rings. The quantitative estimate of drug-likeness (QED) is 0.912. The van der Waals surface area contributed by atoms with E-state index in [-0.39, 0.29) is 6.04 Å². The van der Waals surface area contributed by atoms with Crippen molar-refractivity contribution in [3.8, 4) is 5.75 Å². The van der Waals surface area contributed by atoms with E-state index >= 15 is 0 Å². The van der Waals surface area contributed by atoms with Crippen LogP contribution in [-0.2, 0) is 0 Å². The summed E-state index contributed by atoms with van der Waals surface area (Å²) >= 11 is 6.16. The molecule has 1 unspecified atom stereocenters. The molecule has 1 heterocycles. The minimum Gasteiger partial charge on any atom is -0.495 e. The van der Waals surface area contributed by atoms with E-state index in [1.807, 2.05) is 18.2 Å². The number of guanidine groups is 1. The molecule has 0 saturated carbocycles. The Bertz CT molecular complexity index is 462. The van der Waals surface area contributed by atoms with Crippen LogP contribution in [0.2, 0.25) is 5.02 Å². The molecule has 1 aromatic carbocycles. The van der Waals surface area contributed by atoms with Crippen LogP contribution in [0.3, 0.4) is 0 Å². The van der Waals surface area contributed by atoms with Gasteiger partial charge in [0.15, 0.2) is 5.96 Å². The minimum absolute atomic E-state index is 0.188. The highest BCUT2D eigenvalue weighted by Crippen LogP contribution is 2.31. The first-order chi connectivity index (χ1) is 8.67. The lowest BCUT2D eigenvalue weighted by atomic mass is 10.1. The third-order valence-corrected chi connectivity index (χ3v) is 3.42. The van der Waals surface area contributed by atoms with Crippen LogP contribution in [0.15, 0.2) is 23.2 Å². The van der Waals surface area contributed by atoms with Gasteiger partial charge in [0.05, 0.1) is 24.7 Å². The van der Waals surface area contributed by atoms with Crippen molar-refractivity contribution in [3.05, 3.63) is 28.8 Å². The van der Waals surface area contributed by atoms with Crippen LogP contribution in [0.25, 0.3) is 0 Å². The average Bonchev–Trinajstić information content (AvgIpc) is 2.72. The maximum atomic E-state index is 6.16. The van der Waals surface area contributed by atoms with Crippen molar-refractivity contribution < 1.29 is 4.74 Å². The van der Waals surface area contributed by atoms with Gasteiger partial charge in [-0.15, -0.1) is 0 Å². The van der Waals surface area contributed by atoms with Gasteiger partial charge in [0.1, 0.15) is 5.75 Å². The summed E-state index contributed by atoms with van der Waals surface area (Å²) in [6.45, 7) is 3.72. The number of methoxy groups -OCH3 is 1. The summed E-state index contributed by atoms with van der Waals surface area (Å²) in [5.41, 5.74) is 7.03. The third kappa shape index (κ3) is 2.38. The predicted molar refractivity (Wildman–Crippen MR) is 74.2 cm³/mol. The van der Waals surface area contributed by atoms with E-state index in [0.29, 0.717) is 23.3 Å². The molecule has 2 N–H and O–H groups in total. The van der Waals surface area contributed by atoms with Gasteiger partial charge in [0.2, 0.25) is 0 Å². The molecule has 0 radical (unpaired) electrons. The Morgan fingerprint density at radius 3 is 2.94 bits per heavy atom. The first-order valence-electron chi connectivity index (χ1n) is 6.07. The molecule has 2 rings (SSSR count). The third-order valence-electron chi connectivity index (χ3n) is 3.12. The van der Waals surface area contributed by atoms with Gasteiger partial charge in [0.25, 0.3) is 0 Å². The summed E-state index contributed by atoms with van der Waals surface area (Å²) in [6.07, 6.45) is 1.04. The first kappa shape index (κ1) is 13.0. The molecule has 0 aliphatic carbocycles. The topological polar surface area (TPSA) is 50.8 Å². The summed E-state index contributed by atoms with van der Waals surface area (Å²) < 4.78 is 5.16. The van der Waals surface area contributed by atoms with E-state index in [0.717, 1.165) is 18.5 Å². The van der Waals surface area contributed by atoms with Gasteiger partial charge in [-0.25, -0.2) is 0 Å². The highest BCUT2D eigenvalue weighted by atomic mass is 35.5. The van der Waals surface area contributed by atoms with Gasteiger partial charge in [-0.3, -0.25) is 4.99 Å². The van der Waals surface area contributed by atoms with E-state index < -0.39 is 0 Å². The van der Waals surface area contributed by atoms with Crippen LogP contribution in [0, 0.1) is 0 Å². The van der Waals surface area contributed by atoms with Crippen molar-refractivity contribution in [2.75, 3.05) is 20.2 Å². The van der Waals surface area contributed by atoms with Crippen LogP contribution < -0.4 is 10.5 Å². The monoisotopic (exact) mass is 267 g/mol. The summed E-state index contributed by atoms with van der Waals surface area (Å²) in [5.74, 6) is 1.31. The summed E-state index contributed by atoms with van der Waals surface area (Å²) in [7, 11) is 1.61. The number of halogens is 1. The molecule has 98 valence electrons. The molecule has 0 aromatic heterocycles. The van der Waals surface area contributed by atoms with Crippen molar-refractivity contribution in [1.82, 2.24) is 4.90 Å². The molecule has 5 heteroatoms. The number of benzene rings is 1. The maximum Gasteiger partial charge on any atom is 0.191 e. The Morgan fingerprint density at radius 1 is 1.56 bits per heavy atom. The fourth-order valence-corrected chi connectivity index (χ4v) is 2.48. The minimum atomic E-state index is 0.188. The molecule has 0 saturated heterocycles. The molecule has 1 aliphatic rings. The zero-order valence-electron chi connectivity index (χ0n) is 10.7. The van der Waals surface area contributed by atoms with Crippen molar-refractivity contribution in [2.45, 2.75) is 19.4 Å². The van der Waals surface area contributed by atoms with E-state index in [1.165, 1.54) is 0 Å². The van der Waals surface area contributed by atoms with Crippen LogP contribution in [0.1, 0.15) is 24.9 Å². The number of hydrogen-bond acceptors (Lipinski definition) is 4. The highest BCUT2D eigenvalue weighted by Gasteiger charge is 2.27. The lowest BCUT2D eigenvalue weighted by Crippen LogP contribution is -2.36. The number of rotatable bonds is 4. The highest BCUT2D eigenvalue weighted by molar-refractivity contribution is 6.32. The van der Waals surface area contributed by atoms with Crippen LogP contribution >= 0.6 is 11.6 Å². The van der Waals surface area contributed by atoms with Gasteiger partial charge >= 0.3 is 0 Å². The molecule has 0 spiro atoms. The van der Waals surface area contributed by atoms with Crippen molar-refractivity contribution in [1.29, 1.82) is 0 Å². The zero-order valence-corrected chi connectivity index (χ0v) is 11.4. The molecular formula is C13H18ClN3O. The lowest BCUT2D eigenvalue weighted by molar-refractivity contribution is 0.347. The molecule has 1 atom stereocenters. The Kier molecular flexibility index (Phi) is 3.97. The second-order valence-electron chi connectivity index (χ2n) is 4.30. The molecule has 0 bridgehead atoms. The van der Waals surface area contributed by atoms with Gasteiger partial charge in [-0.05, 0) is 24.1 Å². The largest absolute Gasteiger partial charge is 0.495 e. The maximum absolute atomic E-state index is 6.16. The van der Waals surface area contributed by atoms with Crippen LogP contribution in [-0.4, -0.2) is 31.1 Å². The van der Waals surface area contributed by atoms with Crippen LogP contribution in [0.5, 0.6) is 5.75 Å². The standard InChI is InChI=1S/C13H18ClN3O/c1-3-6-17-11(8-16-13(17)15)9-4-5-12(18-2)10(14)7-9/h4-5,7,11H,3,6,8H2,1-2H3,(H2,15,16). The summed E-state index contributed by atoms with van der Waals surface area (Å²) in [4.78, 5) is 6.44. The number of nitrogens with two attached hydrogens (primary N) is 1. The molecule has 18 heavy (non-hydrogen) atoms. The average molecular weight is 268 g/mol. The van der Waals surface area contributed by atoms with Crippen molar-refractivity contribution in [2.24, 2.45) is 10.7 Å². The molecule has 0 amide bonds. The Morgan fingerprint density at radius 2 is 2.33 bits per heavy atom. The Labute approximate surface area is 112 Å². The van der Waals surface area contributed by atoms with Gasteiger partial charge in [0, 0.05) is 6.54 Å². The fraction of sp³-hybridized carbons (Fsp3) is 0.462. The number of hydrogen-bond donors (Lipinski definition) is 1. The van der Waals surface area contributed by atoms with E-state index in [2.05, 4.69) is 16.8 Å². The second-order valence-corrected chi connectivity index (χ2v) is 4.71. The van der Waals surface area contributed by atoms with Crippen molar-refractivity contribution in [3.63, 3.8) is 0 Å². The van der Waals surface area contributed by atoms with E-state index in [1.54, 1.807) is 7.11 Å². The van der Waals surface area contributed by atoms with Gasteiger partial charge in [-0.1, -0.05) is 24.6 Å². The molecular weight excluding hydrogens is 250 g/mol. The van der Waals surface area contributed by atoms with E-state index in [4.69, 9.17) is 22.1 Å². The molecule has 4 nitrogen and oxygen atoms in total. The fourth-order valence-electron chi connectivity index (χ4n) is 2.22. The lowest BCUT2D eigenvalue weighted by Gasteiger charge is -2.26. The van der Waals surface area contributed by atoms with Gasteiger partial charge < -0.3 is 15.4 Å².